The second-order valence-electron chi connectivity index (χ2n) is 12.6. The molecule has 0 aliphatic heterocycles. The summed E-state index contributed by atoms with van der Waals surface area (Å²) in [4.78, 5) is 40.5. The van der Waals surface area contributed by atoms with E-state index in [2.05, 4.69) is 0 Å². The van der Waals surface area contributed by atoms with Crippen LogP contribution in [0, 0.1) is 22.7 Å². The molecule has 2 fully saturated rings. The van der Waals surface area contributed by atoms with Crippen molar-refractivity contribution in [2.24, 2.45) is 22.7 Å². The number of hydrogen-bond donors (Lipinski definition) is 3. The Balaban J connectivity index is 1.58. The normalized spacial score (nSPS) is 36.4. The van der Waals surface area contributed by atoms with Crippen LogP contribution in [0.1, 0.15) is 71.6 Å². The molecule has 3 N–H and O–H groups in total. The summed E-state index contributed by atoms with van der Waals surface area (Å²) in [6, 6.07) is 18.4. The molecule has 6 rings (SSSR count). The van der Waals surface area contributed by atoms with Gasteiger partial charge >= 0.3 is 17.9 Å². The van der Waals surface area contributed by atoms with Crippen molar-refractivity contribution in [2.45, 2.75) is 69.9 Å². The molecule has 9 nitrogen and oxygen atoms in total. The highest BCUT2D eigenvalue weighted by atomic mass is 16.6. The first kappa shape index (κ1) is 29.1. The smallest absolute Gasteiger partial charge is 0.338 e. The molecule has 0 saturated heterocycles. The van der Waals surface area contributed by atoms with Gasteiger partial charge in [0.1, 0.15) is 22.9 Å². The number of esters is 2. The molecule has 226 valence electrons. The van der Waals surface area contributed by atoms with E-state index in [1.807, 2.05) is 13.0 Å². The lowest BCUT2D eigenvalue weighted by Crippen LogP contribution is -2.81. The molecule has 3 aliphatic carbocycles. The van der Waals surface area contributed by atoms with Crippen LogP contribution in [0.15, 0.2) is 77.4 Å². The van der Waals surface area contributed by atoms with Crippen LogP contribution >= 0.6 is 0 Å². The number of aliphatic hydroxyl groups is 2. The first-order valence-corrected chi connectivity index (χ1v) is 14.7. The summed E-state index contributed by atoms with van der Waals surface area (Å²) in [5.41, 5.74) is -4.38. The quantitative estimate of drug-likeness (QED) is 0.364. The van der Waals surface area contributed by atoms with Gasteiger partial charge in [0.15, 0.2) is 6.10 Å². The second-order valence-corrected chi connectivity index (χ2v) is 12.6. The molecule has 2 saturated carbocycles. The third kappa shape index (κ3) is 4.08. The standard InChI is InChI=1S/C34H36O9/c1-19-22-15-17-41-24(22)18-23-26(19)27(42-29(36)20-10-6-4-7-11-20)28(43-30(37)21-12-8-5-9-13-21)34(40)32(23,2)16-14-25(35)33(34,3)31(38)39/h4-13,15,17,19,23,25-28,35,40H,14,16,18H2,1-3H3,(H,38,39)/t19-,23-,25-,26-,27+,28+,32+,33+,34-/m0/s1. The van der Waals surface area contributed by atoms with Gasteiger partial charge in [-0.25, -0.2) is 9.59 Å². The van der Waals surface area contributed by atoms with E-state index in [1.54, 1.807) is 73.9 Å². The molecule has 0 bridgehead atoms. The Bertz CT molecular complexity index is 1530. The van der Waals surface area contributed by atoms with Crippen molar-refractivity contribution >= 4 is 17.9 Å². The maximum Gasteiger partial charge on any atom is 0.338 e. The Morgan fingerprint density at radius 3 is 2.07 bits per heavy atom. The summed E-state index contributed by atoms with van der Waals surface area (Å²) in [6.07, 6.45) is -2.06. The molecule has 3 aliphatic rings. The lowest BCUT2D eigenvalue weighted by molar-refractivity contribution is -0.327. The Morgan fingerprint density at radius 1 is 0.907 bits per heavy atom. The van der Waals surface area contributed by atoms with Gasteiger partial charge in [-0.3, -0.25) is 4.79 Å². The summed E-state index contributed by atoms with van der Waals surface area (Å²) in [6.45, 7) is 5.07. The van der Waals surface area contributed by atoms with E-state index in [4.69, 9.17) is 13.9 Å². The predicted molar refractivity (Wildman–Crippen MR) is 153 cm³/mol. The van der Waals surface area contributed by atoms with E-state index >= 15 is 0 Å². The highest BCUT2D eigenvalue weighted by molar-refractivity contribution is 5.90. The Morgan fingerprint density at radius 2 is 1.49 bits per heavy atom. The van der Waals surface area contributed by atoms with Crippen LogP contribution < -0.4 is 0 Å². The van der Waals surface area contributed by atoms with Crippen molar-refractivity contribution in [2.75, 3.05) is 0 Å². The van der Waals surface area contributed by atoms with Gasteiger partial charge in [-0.2, -0.15) is 0 Å². The number of fused-ring (bicyclic) bond motifs is 4. The fourth-order valence-electron chi connectivity index (χ4n) is 8.39. The summed E-state index contributed by atoms with van der Waals surface area (Å²) < 4.78 is 18.3. The predicted octanol–water partition coefficient (Wildman–Crippen LogP) is 4.62. The van der Waals surface area contributed by atoms with Gasteiger partial charge in [0.25, 0.3) is 0 Å². The number of aliphatic hydroxyl groups excluding tert-OH is 1. The maximum atomic E-state index is 13.7. The largest absolute Gasteiger partial charge is 0.481 e. The molecule has 9 atom stereocenters. The van der Waals surface area contributed by atoms with Crippen LogP contribution in [-0.4, -0.2) is 57.1 Å². The third-order valence-corrected chi connectivity index (χ3v) is 10.8. The zero-order valence-corrected chi connectivity index (χ0v) is 24.3. The van der Waals surface area contributed by atoms with E-state index < -0.39 is 64.5 Å². The molecule has 3 aromatic rings. The number of carbonyl (C=O) groups is 3. The van der Waals surface area contributed by atoms with Gasteiger partial charge in [-0.05, 0) is 67.5 Å². The zero-order chi connectivity index (χ0) is 30.7. The average molecular weight is 589 g/mol. The van der Waals surface area contributed by atoms with Crippen LogP contribution in [0.2, 0.25) is 0 Å². The summed E-state index contributed by atoms with van der Waals surface area (Å²) in [5.74, 6) is -3.42. The highest BCUT2D eigenvalue weighted by Crippen LogP contribution is 2.68. The molecule has 2 aromatic carbocycles. The fourth-order valence-corrected chi connectivity index (χ4v) is 8.39. The first-order chi connectivity index (χ1) is 20.4. The lowest BCUT2D eigenvalue weighted by atomic mass is 9.39. The number of benzene rings is 2. The molecule has 0 spiro atoms. The van der Waals surface area contributed by atoms with E-state index in [0.29, 0.717) is 12.2 Å². The molecule has 0 radical (unpaired) electrons. The van der Waals surface area contributed by atoms with Gasteiger partial charge in [0.2, 0.25) is 0 Å². The van der Waals surface area contributed by atoms with Crippen molar-refractivity contribution in [1.82, 2.24) is 0 Å². The molecule has 9 heteroatoms. The van der Waals surface area contributed by atoms with Crippen molar-refractivity contribution in [1.29, 1.82) is 0 Å². The Labute approximate surface area is 249 Å². The third-order valence-electron chi connectivity index (χ3n) is 10.8. The number of hydrogen-bond acceptors (Lipinski definition) is 8. The summed E-state index contributed by atoms with van der Waals surface area (Å²) in [5, 5.41) is 35.1. The molecule has 0 amide bonds. The van der Waals surface area contributed by atoms with Crippen molar-refractivity contribution in [3.63, 3.8) is 0 Å². The number of aliphatic carboxylic acids is 1. The summed E-state index contributed by atoms with van der Waals surface area (Å²) >= 11 is 0. The van der Waals surface area contributed by atoms with Crippen LogP contribution in [0.4, 0.5) is 0 Å². The molecule has 43 heavy (non-hydrogen) atoms. The number of furan rings is 1. The SMILES string of the molecule is C[C@H]1c2ccoc2C[C@H]2[C@H]1[C@@H](OC(=O)c1ccccc1)[C@@H](OC(=O)c1ccccc1)[C@@]1(O)[C@@](C)(C(=O)O)[C@@H](O)CC[C@]21C. The summed E-state index contributed by atoms with van der Waals surface area (Å²) in [7, 11) is 0. The number of carboxylic acids is 1. The molecular weight excluding hydrogens is 552 g/mol. The van der Waals surface area contributed by atoms with Gasteiger partial charge in [0, 0.05) is 17.8 Å². The van der Waals surface area contributed by atoms with Gasteiger partial charge in [-0.1, -0.05) is 50.2 Å². The topological polar surface area (TPSA) is 144 Å². The monoisotopic (exact) mass is 588 g/mol. The molecule has 0 unspecified atom stereocenters. The van der Waals surface area contributed by atoms with E-state index in [0.717, 1.165) is 5.56 Å². The van der Waals surface area contributed by atoms with Gasteiger partial charge in [0.05, 0.1) is 23.5 Å². The number of carbonyl (C=O) groups excluding carboxylic acids is 2. The van der Waals surface area contributed by atoms with E-state index in [1.165, 1.54) is 6.92 Å². The molecular formula is C34H36O9. The molecule has 1 aromatic heterocycles. The lowest BCUT2D eigenvalue weighted by Gasteiger charge is -2.68. The Hall–Kier alpha value is -3.95. The van der Waals surface area contributed by atoms with Crippen LogP contribution in [0.25, 0.3) is 0 Å². The van der Waals surface area contributed by atoms with Crippen LogP contribution in [-0.2, 0) is 20.7 Å². The molecule has 1 heterocycles. The minimum atomic E-state index is -2.36. The number of ether oxygens (including phenoxy) is 2. The van der Waals surface area contributed by atoms with Crippen molar-refractivity contribution < 1.29 is 43.6 Å². The van der Waals surface area contributed by atoms with E-state index in [-0.39, 0.29) is 29.9 Å². The van der Waals surface area contributed by atoms with Crippen molar-refractivity contribution in [3.05, 3.63) is 95.4 Å². The van der Waals surface area contributed by atoms with E-state index in [9.17, 15) is 29.7 Å². The van der Waals surface area contributed by atoms with Gasteiger partial charge in [-0.15, -0.1) is 0 Å². The Kier molecular flexibility index (Phi) is 7.01. The average Bonchev–Trinajstić information content (AvgIpc) is 3.49. The second kappa shape index (κ2) is 10.3. The van der Waals surface area contributed by atoms with Crippen molar-refractivity contribution in [3.8, 4) is 0 Å². The van der Waals surface area contributed by atoms with Gasteiger partial charge < -0.3 is 29.2 Å². The first-order valence-electron chi connectivity index (χ1n) is 14.7. The number of carboxylic acid groups (broad SMARTS) is 1. The minimum Gasteiger partial charge on any atom is -0.481 e. The minimum absolute atomic E-state index is 0.109. The fraction of sp³-hybridized carbons (Fsp3) is 0.441. The van der Waals surface area contributed by atoms with Crippen LogP contribution in [0.5, 0.6) is 0 Å². The van der Waals surface area contributed by atoms with Crippen LogP contribution in [0.3, 0.4) is 0 Å². The number of rotatable bonds is 5. The zero-order valence-electron chi connectivity index (χ0n) is 24.3. The highest BCUT2D eigenvalue weighted by Gasteiger charge is 2.79. The maximum absolute atomic E-state index is 13.7.